The number of aliphatic hydroxyl groups excluding tert-OH is 1. The fourth-order valence-corrected chi connectivity index (χ4v) is 7.43. The number of nitrogens with zero attached hydrogens (tertiary/aromatic N) is 8. The minimum absolute atomic E-state index is 0.00521. The Labute approximate surface area is 305 Å². The molecule has 6 rings (SSSR count). The number of thioether (sulfide) groups is 1. The fourth-order valence-electron chi connectivity index (χ4n) is 5.94. The van der Waals surface area contributed by atoms with Crippen LogP contribution in [-0.4, -0.2) is 119 Å². The van der Waals surface area contributed by atoms with Gasteiger partial charge in [0.1, 0.15) is 47.7 Å². The van der Waals surface area contributed by atoms with Gasteiger partial charge in [-0.25, -0.2) is 32.5 Å². The number of methoxy groups -OCH3 is 1. The number of hydrogen-bond donors (Lipinski definition) is 1. The van der Waals surface area contributed by atoms with Crippen molar-refractivity contribution in [1.29, 1.82) is 0 Å². The van der Waals surface area contributed by atoms with Crippen molar-refractivity contribution in [2.24, 2.45) is 0 Å². The minimum Gasteiger partial charge on any atom is -0.463 e. The lowest BCUT2D eigenvalue weighted by Crippen LogP contribution is -2.58. The number of benzene rings is 1. The number of esters is 2. The Morgan fingerprint density at radius 3 is 2.19 bits per heavy atom. The molecule has 54 heavy (non-hydrogen) atoms. The molecule has 0 amide bonds. The largest absolute Gasteiger partial charge is 0.463 e. The molecule has 23 heteroatoms. The van der Waals surface area contributed by atoms with E-state index in [4.69, 9.17) is 23.7 Å². The first-order valence-corrected chi connectivity index (χ1v) is 16.9. The Hall–Kier alpha value is -4.71. The van der Waals surface area contributed by atoms with Gasteiger partial charge < -0.3 is 28.8 Å². The Balaban J connectivity index is 1.28. The van der Waals surface area contributed by atoms with Gasteiger partial charge in [-0.2, -0.15) is 13.2 Å². The van der Waals surface area contributed by atoms with Gasteiger partial charge in [0.15, 0.2) is 23.6 Å². The predicted octanol–water partition coefficient (Wildman–Crippen LogP) is 2.94. The van der Waals surface area contributed by atoms with Gasteiger partial charge >= 0.3 is 18.1 Å². The monoisotopic (exact) mass is 788 g/mol. The number of rotatable bonds is 10. The van der Waals surface area contributed by atoms with Gasteiger partial charge in [0, 0.05) is 44.5 Å². The summed E-state index contributed by atoms with van der Waals surface area (Å²) in [4.78, 5) is 30.9. The highest BCUT2D eigenvalue weighted by molar-refractivity contribution is 8.00. The van der Waals surface area contributed by atoms with Crippen molar-refractivity contribution in [3.63, 3.8) is 0 Å². The lowest BCUT2D eigenvalue weighted by Gasteiger charge is -2.46. The molecule has 1 N–H and O–H groups in total. The smallest absolute Gasteiger partial charge is 0.451 e. The zero-order chi connectivity index (χ0) is 38.9. The molecule has 3 aromatic heterocycles. The van der Waals surface area contributed by atoms with Gasteiger partial charge in [-0.1, -0.05) is 10.4 Å². The van der Waals surface area contributed by atoms with Gasteiger partial charge in [0.2, 0.25) is 5.82 Å². The fraction of sp³-hybridized carbons (Fsp3) is 0.484. The Bertz CT molecular complexity index is 1950. The van der Waals surface area contributed by atoms with E-state index < -0.39 is 95.2 Å². The van der Waals surface area contributed by atoms with Crippen LogP contribution in [-0.2, 0) is 39.4 Å². The van der Waals surface area contributed by atoms with Crippen LogP contribution in [0.25, 0.3) is 22.5 Å². The van der Waals surface area contributed by atoms with Gasteiger partial charge in [0.05, 0.1) is 37.0 Å². The minimum atomic E-state index is -4.73. The number of ether oxygens (including phenoxy) is 5. The number of carbonyl (C=O) groups is 2. The van der Waals surface area contributed by atoms with Gasteiger partial charge in [-0.3, -0.25) is 9.59 Å². The summed E-state index contributed by atoms with van der Waals surface area (Å²) in [6, 6.07) is -0.476. The van der Waals surface area contributed by atoms with Crippen LogP contribution in [0.3, 0.4) is 0 Å². The summed E-state index contributed by atoms with van der Waals surface area (Å²) in [5.41, 5.74) is -0.987. The van der Waals surface area contributed by atoms with E-state index in [1.807, 2.05) is 0 Å². The van der Waals surface area contributed by atoms with Gasteiger partial charge in [-0.05, 0) is 12.1 Å². The van der Waals surface area contributed by atoms with Crippen LogP contribution >= 0.6 is 11.8 Å². The highest BCUT2D eigenvalue weighted by Gasteiger charge is 2.52. The van der Waals surface area contributed by atoms with Crippen LogP contribution in [0, 0.1) is 17.5 Å². The van der Waals surface area contributed by atoms with E-state index in [1.165, 1.54) is 28.9 Å². The summed E-state index contributed by atoms with van der Waals surface area (Å²) in [5, 5.41) is 26.9. The third-order valence-corrected chi connectivity index (χ3v) is 9.86. The predicted molar refractivity (Wildman–Crippen MR) is 169 cm³/mol. The van der Waals surface area contributed by atoms with E-state index in [9.17, 15) is 41.0 Å². The molecule has 0 aliphatic carbocycles. The molecule has 8 atom stereocenters. The van der Waals surface area contributed by atoms with Crippen molar-refractivity contribution in [2.45, 2.75) is 67.2 Å². The van der Waals surface area contributed by atoms with Crippen LogP contribution in [0.1, 0.15) is 31.8 Å². The molecule has 2 aliphatic heterocycles. The van der Waals surface area contributed by atoms with Gasteiger partial charge in [0.25, 0.3) is 0 Å². The van der Waals surface area contributed by atoms with E-state index in [0.29, 0.717) is 0 Å². The SMILES string of the molecule is CO[C@@H]1[C@@H](n2cc(-c3cc(F)c(F)c(F)c3)nn2)[C@@H](OC(C)=O)[C@@H](COC(C)=O)O[C@H]1S[C@@H]1COC[C@H](n2cc(-c3cnc(C(F)(F)F)nc3)nn2)[C@H]1O. The van der Waals surface area contributed by atoms with Crippen molar-refractivity contribution in [3.8, 4) is 22.5 Å². The van der Waals surface area contributed by atoms with Crippen molar-refractivity contribution >= 4 is 23.7 Å². The first-order valence-electron chi connectivity index (χ1n) is 15.9. The summed E-state index contributed by atoms with van der Waals surface area (Å²) < 4.78 is 112. The van der Waals surface area contributed by atoms with E-state index in [2.05, 4.69) is 30.6 Å². The van der Waals surface area contributed by atoms with Crippen LogP contribution < -0.4 is 0 Å². The van der Waals surface area contributed by atoms with Crippen LogP contribution in [0.5, 0.6) is 0 Å². The molecule has 5 heterocycles. The second-order valence-electron chi connectivity index (χ2n) is 12.1. The van der Waals surface area contributed by atoms with E-state index >= 15 is 0 Å². The molecule has 0 spiro atoms. The molecule has 0 bridgehead atoms. The molecule has 0 saturated carbocycles. The highest BCUT2D eigenvalue weighted by atomic mass is 32.2. The standard InChI is InChI=1S/C31H30F6N8O8S/c1-13(46)51-11-22-27(52-14(2)47)25(45-9-19(40-43-45)15-4-17(32)24(34)18(33)5-15)28(49-3)29(53-22)54-23-12-50-10-21(26(23)48)44-8-20(41-42-44)16-6-38-30(39-7-16)31(35,36)37/h4-9,21-23,25-29,48H,10-12H2,1-3H3/t21-,22+,23+,25-,26+,27-,28+,29-/m0/s1. The van der Waals surface area contributed by atoms with E-state index in [0.717, 1.165) is 50.1 Å². The molecule has 2 aliphatic rings. The summed E-state index contributed by atoms with van der Waals surface area (Å²) in [7, 11) is 1.33. The zero-order valence-corrected chi connectivity index (χ0v) is 29.1. The molecule has 0 radical (unpaired) electrons. The molecule has 0 unspecified atom stereocenters. The summed E-state index contributed by atoms with van der Waals surface area (Å²) in [5.74, 6) is -7.34. The van der Waals surface area contributed by atoms with E-state index in [1.54, 1.807) is 0 Å². The molecular weight excluding hydrogens is 758 g/mol. The van der Waals surface area contributed by atoms with Crippen molar-refractivity contribution in [3.05, 3.63) is 60.2 Å². The molecular formula is C31H30F6N8O8S. The van der Waals surface area contributed by atoms with Crippen molar-refractivity contribution in [1.82, 2.24) is 40.0 Å². The Morgan fingerprint density at radius 2 is 1.57 bits per heavy atom. The molecule has 290 valence electrons. The maximum absolute atomic E-state index is 14.1. The number of aliphatic hydroxyl groups is 1. The second kappa shape index (κ2) is 15.9. The molecule has 2 saturated heterocycles. The topological polar surface area (TPSA) is 188 Å². The van der Waals surface area contributed by atoms with Gasteiger partial charge in [-0.15, -0.1) is 22.0 Å². The average molecular weight is 789 g/mol. The lowest BCUT2D eigenvalue weighted by molar-refractivity contribution is -0.208. The average Bonchev–Trinajstić information content (AvgIpc) is 3.81. The van der Waals surface area contributed by atoms with Crippen LogP contribution in [0.4, 0.5) is 26.3 Å². The van der Waals surface area contributed by atoms with Crippen molar-refractivity contribution < 1.29 is 64.7 Å². The molecule has 4 aromatic rings. The number of aromatic nitrogens is 8. The third-order valence-electron chi connectivity index (χ3n) is 8.44. The molecule has 16 nitrogen and oxygen atoms in total. The molecule has 1 aromatic carbocycles. The van der Waals surface area contributed by atoms with Crippen LogP contribution in [0.15, 0.2) is 36.9 Å². The van der Waals surface area contributed by atoms with Crippen molar-refractivity contribution in [2.75, 3.05) is 26.9 Å². The summed E-state index contributed by atoms with van der Waals surface area (Å²) in [6.07, 6.45) is -4.83. The summed E-state index contributed by atoms with van der Waals surface area (Å²) >= 11 is 1.06. The Morgan fingerprint density at radius 1 is 0.944 bits per heavy atom. The molecule has 2 fully saturated rings. The third kappa shape index (κ3) is 8.33. The maximum Gasteiger partial charge on any atom is 0.451 e. The lowest BCUT2D eigenvalue weighted by atomic mass is 9.96. The number of hydrogen-bond acceptors (Lipinski definition) is 15. The second-order valence-corrected chi connectivity index (χ2v) is 13.4. The first-order chi connectivity index (χ1) is 25.6. The quantitative estimate of drug-likeness (QED) is 0.140. The number of carbonyl (C=O) groups excluding carboxylic acids is 2. The number of alkyl halides is 3. The highest BCUT2D eigenvalue weighted by Crippen LogP contribution is 2.42. The zero-order valence-electron chi connectivity index (χ0n) is 28.3. The number of halogens is 6. The maximum atomic E-state index is 14.1. The summed E-state index contributed by atoms with van der Waals surface area (Å²) in [6.45, 7) is 1.85. The first kappa shape index (κ1) is 39.0. The van der Waals surface area contributed by atoms with Crippen LogP contribution in [0.2, 0.25) is 0 Å². The van der Waals surface area contributed by atoms with E-state index in [-0.39, 0.29) is 35.7 Å². The normalized spacial score (nSPS) is 26.0. The Kier molecular flexibility index (Phi) is 11.5.